The van der Waals surface area contributed by atoms with Crippen LogP contribution in [0.25, 0.3) is 0 Å². The molecule has 8 heteroatoms. The molecule has 0 spiro atoms. The molecule has 104 valence electrons. The second kappa shape index (κ2) is 7.24. The number of halogens is 2. The van der Waals surface area contributed by atoms with Crippen molar-refractivity contribution in [2.45, 2.75) is 12.5 Å². The molecule has 0 aliphatic heterocycles. The van der Waals surface area contributed by atoms with Crippen molar-refractivity contribution < 1.29 is 24.2 Å². The van der Waals surface area contributed by atoms with E-state index in [-0.39, 0.29) is 13.0 Å². The number of aliphatic hydroxyl groups is 1. The SMILES string of the molecule is O=C(NCC[C@H](O)C(=O)O)Nc1ccc(F)cc1I. The Balaban J connectivity index is 2.41. The Morgan fingerprint density at radius 2 is 2.11 bits per heavy atom. The summed E-state index contributed by atoms with van der Waals surface area (Å²) >= 11 is 1.88. The monoisotopic (exact) mass is 382 g/mol. The summed E-state index contributed by atoms with van der Waals surface area (Å²) in [6, 6.07) is 3.35. The van der Waals surface area contributed by atoms with Crippen LogP contribution in [-0.4, -0.2) is 34.9 Å². The molecular formula is C11H12FIN2O4. The minimum absolute atomic E-state index is 0.0110. The van der Waals surface area contributed by atoms with Crippen LogP contribution in [0.5, 0.6) is 0 Å². The second-order valence-electron chi connectivity index (χ2n) is 3.65. The summed E-state index contributed by atoms with van der Waals surface area (Å²) in [5.74, 6) is -1.74. The molecule has 0 saturated heterocycles. The van der Waals surface area contributed by atoms with Crippen LogP contribution in [0.1, 0.15) is 6.42 Å². The second-order valence-corrected chi connectivity index (χ2v) is 4.81. The van der Waals surface area contributed by atoms with E-state index < -0.39 is 23.9 Å². The predicted octanol–water partition coefficient (Wildman–Crippen LogP) is 1.39. The molecule has 0 bridgehead atoms. The fourth-order valence-electron chi connectivity index (χ4n) is 1.20. The zero-order valence-corrected chi connectivity index (χ0v) is 11.8. The van der Waals surface area contributed by atoms with Crippen LogP contribution in [0.3, 0.4) is 0 Å². The molecule has 1 rings (SSSR count). The van der Waals surface area contributed by atoms with Gasteiger partial charge >= 0.3 is 12.0 Å². The van der Waals surface area contributed by atoms with E-state index in [1.807, 2.05) is 22.6 Å². The summed E-state index contributed by atoms with van der Waals surface area (Å²) in [7, 11) is 0. The highest BCUT2D eigenvalue weighted by atomic mass is 127. The average Bonchev–Trinajstić information content (AvgIpc) is 2.32. The van der Waals surface area contributed by atoms with Crippen molar-refractivity contribution in [2.75, 3.05) is 11.9 Å². The Bertz CT molecular complexity index is 484. The Labute approximate surface area is 122 Å². The van der Waals surface area contributed by atoms with Crippen LogP contribution >= 0.6 is 22.6 Å². The van der Waals surface area contributed by atoms with Crippen molar-refractivity contribution in [3.63, 3.8) is 0 Å². The molecule has 0 aliphatic carbocycles. The van der Waals surface area contributed by atoms with Gasteiger partial charge < -0.3 is 20.8 Å². The molecule has 0 aliphatic rings. The molecule has 1 aromatic rings. The van der Waals surface area contributed by atoms with E-state index in [2.05, 4.69) is 10.6 Å². The summed E-state index contributed by atoms with van der Waals surface area (Å²) in [5, 5.41) is 22.3. The number of carboxylic acids is 1. The molecule has 2 amide bonds. The van der Waals surface area contributed by atoms with Crippen LogP contribution in [0.4, 0.5) is 14.9 Å². The van der Waals surface area contributed by atoms with Crippen molar-refractivity contribution in [3.05, 3.63) is 27.6 Å². The maximum atomic E-state index is 12.8. The summed E-state index contributed by atoms with van der Waals surface area (Å²) in [6.45, 7) is 0.0110. The van der Waals surface area contributed by atoms with Gasteiger partial charge in [0.05, 0.1) is 5.69 Å². The highest BCUT2D eigenvalue weighted by molar-refractivity contribution is 14.1. The van der Waals surface area contributed by atoms with Gasteiger partial charge in [-0.25, -0.2) is 14.0 Å². The Morgan fingerprint density at radius 1 is 1.42 bits per heavy atom. The average molecular weight is 382 g/mol. The number of carbonyl (C=O) groups excluding carboxylic acids is 1. The Hall–Kier alpha value is -1.42. The number of benzene rings is 1. The highest BCUT2D eigenvalue weighted by Gasteiger charge is 2.13. The van der Waals surface area contributed by atoms with Gasteiger partial charge in [0.1, 0.15) is 5.82 Å². The summed E-state index contributed by atoms with van der Waals surface area (Å²) in [6.07, 6.45) is -1.60. The quantitative estimate of drug-likeness (QED) is 0.579. The van der Waals surface area contributed by atoms with E-state index in [4.69, 9.17) is 10.2 Å². The molecule has 1 aromatic carbocycles. The van der Waals surface area contributed by atoms with E-state index >= 15 is 0 Å². The molecule has 4 N–H and O–H groups in total. The topological polar surface area (TPSA) is 98.7 Å². The number of hydrogen-bond donors (Lipinski definition) is 4. The normalized spacial score (nSPS) is 11.7. The third-order valence-electron chi connectivity index (χ3n) is 2.17. The molecule has 0 radical (unpaired) electrons. The zero-order chi connectivity index (χ0) is 14.4. The summed E-state index contributed by atoms with van der Waals surface area (Å²) in [4.78, 5) is 21.8. The number of aliphatic hydroxyl groups excluding tert-OH is 1. The van der Waals surface area contributed by atoms with Crippen molar-refractivity contribution in [1.29, 1.82) is 0 Å². The van der Waals surface area contributed by atoms with Gasteiger partial charge in [0.25, 0.3) is 0 Å². The van der Waals surface area contributed by atoms with Gasteiger partial charge in [-0.2, -0.15) is 0 Å². The lowest BCUT2D eigenvalue weighted by Gasteiger charge is -2.10. The number of urea groups is 1. The molecule has 0 aromatic heterocycles. The number of carboxylic acid groups (broad SMARTS) is 1. The van der Waals surface area contributed by atoms with E-state index in [0.29, 0.717) is 9.26 Å². The third-order valence-corrected chi connectivity index (χ3v) is 3.06. The van der Waals surface area contributed by atoms with E-state index in [1.54, 1.807) is 0 Å². The fraction of sp³-hybridized carbons (Fsp3) is 0.273. The maximum absolute atomic E-state index is 12.8. The minimum atomic E-state index is -1.51. The predicted molar refractivity (Wildman–Crippen MR) is 74.4 cm³/mol. The number of anilines is 1. The van der Waals surface area contributed by atoms with E-state index in [1.165, 1.54) is 18.2 Å². The number of hydrogen-bond acceptors (Lipinski definition) is 3. The first-order valence-corrected chi connectivity index (χ1v) is 6.39. The lowest BCUT2D eigenvalue weighted by atomic mass is 10.2. The number of carbonyl (C=O) groups is 2. The Kier molecular flexibility index (Phi) is 5.96. The molecule has 0 fully saturated rings. The van der Waals surface area contributed by atoms with Crippen LogP contribution in [0, 0.1) is 9.39 Å². The van der Waals surface area contributed by atoms with Crippen molar-refractivity contribution in [3.8, 4) is 0 Å². The Morgan fingerprint density at radius 3 is 2.68 bits per heavy atom. The molecule has 0 saturated carbocycles. The number of nitrogens with one attached hydrogen (secondary N) is 2. The summed E-state index contributed by atoms with van der Waals surface area (Å²) < 4.78 is 13.4. The third kappa shape index (κ3) is 5.39. The molecule has 1 atom stereocenters. The molecule has 0 unspecified atom stereocenters. The first-order chi connectivity index (χ1) is 8.90. The highest BCUT2D eigenvalue weighted by Crippen LogP contribution is 2.18. The zero-order valence-electron chi connectivity index (χ0n) is 9.69. The van der Waals surface area contributed by atoms with Crippen molar-refractivity contribution in [1.82, 2.24) is 5.32 Å². The molecular weight excluding hydrogens is 370 g/mol. The van der Waals surface area contributed by atoms with Gasteiger partial charge in [-0.15, -0.1) is 0 Å². The standard InChI is InChI=1S/C11H12FIN2O4/c12-6-1-2-8(7(13)5-6)15-11(19)14-4-3-9(16)10(17)18/h1-2,5,9,16H,3-4H2,(H,17,18)(H2,14,15,19)/t9-/m0/s1. The number of amides is 2. The van der Waals surface area contributed by atoms with Crippen LogP contribution in [0.2, 0.25) is 0 Å². The smallest absolute Gasteiger partial charge is 0.332 e. The maximum Gasteiger partial charge on any atom is 0.332 e. The molecule has 19 heavy (non-hydrogen) atoms. The minimum Gasteiger partial charge on any atom is -0.479 e. The molecule has 0 heterocycles. The van der Waals surface area contributed by atoms with E-state index in [9.17, 15) is 14.0 Å². The van der Waals surface area contributed by atoms with Crippen molar-refractivity contribution in [2.24, 2.45) is 0 Å². The van der Waals surface area contributed by atoms with Crippen LogP contribution in [-0.2, 0) is 4.79 Å². The largest absolute Gasteiger partial charge is 0.479 e. The number of rotatable bonds is 5. The molecule has 6 nitrogen and oxygen atoms in total. The fourth-order valence-corrected chi connectivity index (χ4v) is 1.82. The van der Waals surface area contributed by atoms with Gasteiger partial charge in [0.15, 0.2) is 6.10 Å². The first kappa shape index (κ1) is 15.6. The lowest BCUT2D eigenvalue weighted by Crippen LogP contribution is -2.33. The van der Waals surface area contributed by atoms with E-state index in [0.717, 1.165) is 0 Å². The lowest BCUT2D eigenvalue weighted by molar-refractivity contribution is -0.146. The van der Waals surface area contributed by atoms with Gasteiger partial charge in [-0.05, 0) is 40.8 Å². The van der Waals surface area contributed by atoms with Gasteiger partial charge in [0.2, 0.25) is 0 Å². The summed E-state index contributed by atoms with van der Waals surface area (Å²) in [5.41, 5.74) is 0.443. The van der Waals surface area contributed by atoms with Gasteiger partial charge in [-0.1, -0.05) is 0 Å². The van der Waals surface area contributed by atoms with Crippen LogP contribution in [0.15, 0.2) is 18.2 Å². The number of aliphatic carboxylic acids is 1. The first-order valence-electron chi connectivity index (χ1n) is 5.31. The van der Waals surface area contributed by atoms with Gasteiger partial charge in [0, 0.05) is 16.5 Å². The van der Waals surface area contributed by atoms with Crippen molar-refractivity contribution >= 4 is 40.3 Å². The van der Waals surface area contributed by atoms with Gasteiger partial charge in [-0.3, -0.25) is 0 Å². The van der Waals surface area contributed by atoms with Crippen LogP contribution < -0.4 is 10.6 Å².